The van der Waals surface area contributed by atoms with E-state index < -0.39 is 39.5 Å². The van der Waals surface area contributed by atoms with Crippen LogP contribution in [0.5, 0.6) is 0 Å². The van der Waals surface area contributed by atoms with E-state index in [0.717, 1.165) is 54.5 Å². The number of amides is 1. The first kappa shape index (κ1) is 28.0. The Hall–Kier alpha value is -3.51. The van der Waals surface area contributed by atoms with Crippen molar-refractivity contribution in [3.05, 3.63) is 77.6 Å². The van der Waals surface area contributed by atoms with Crippen LogP contribution in [0.3, 0.4) is 0 Å². The number of alkyl halides is 3. The van der Waals surface area contributed by atoms with E-state index in [1.165, 1.54) is 24.3 Å². The van der Waals surface area contributed by atoms with E-state index >= 15 is 0 Å². The Morgan fingerprint density at radius 1 is 0.950 bits per heavy atom. The number of hydrogen-bond donors (Lipinski definition) is 1. The summed E-state index contributed by atoms with van der Waals surface area (Å²) in [6.45, 7) is 1.85. The monoisotopic (exact) mass is 576 g/mol. The summed E-state index contributed by atoms with van der Waals surface area (Å²) < 4.78 is 79.9. The summed E-state index contributed by atoms with van der Waals surface area (Å²) in [6.07, 6.45) is -1.60. The Morgan fingerprint density at radius 2 is 1.62 bits per heavy atom. The third-order valence-electron chi connectivity index (χ3n) is 7.20. The van der Waals surface area contributed by atoms with Crippen LogP contribution in [0.4, 0.5) is 23.4 Å². The van der Waals surface area contributed by atoms with Gasteiger partial charge in [-0.1, -0.05) is 12.1 Å². The Kier molecular flexibility index (Phi) is 7.83. The summed E-state index contributed by atoms with van der Waals surface area (Å²) in [4.78, 5) is 19.9. The summed E-state index contributed by atoms with van der Waals surface area (Å²) in [6, 6.07) is 11.9. The first-order valence-electron chi connectivity index (χ1n) is 13.0. The zero-order chi connectivity index (χ0) is 28.5. The number of nitrogens with one attached hydrogen (secondary N) is 1. The molecule has 1 aromatic heterocycles. The fraction of sp³-hybridized carbons (Fsp3) is 0.357. The number of carbonyl (C=O) groups is 1. The maximum Gasteiger partial charge on any atom is 0.416 e. The lowest BCUT2D eigenvalue weighted by molar-refractivity contribution is -0.137. The van der Waals surface area contributed by atoms with Crippen LogP contribution >= 0.6 is 0 Å². The Bertz CT molecular complexity index is 1470. The number of pyridine rings is 1. The average molecular weight is 577 g/mol. The standard InChI is InChI=1S/C28H28F4N4O3S/c29-22-9-11-23(12-10-22)40(38,39)36-15-3-4-25(36)27(37)33-18-19-16-24(34-26(17-19)35-13-1-2-14-35)20-5-7-21(8-6-20)28(30,31)32/h5-12,16-17,25H,1-4,13-15,18H2,(H,33,37)/t25-/m0/s1. The van der Waals surface area contributed by atoms with Gasteiger partial charge in [0.25, 0.3) is 0 Å². The molecule has 2 aromatic carbocycles. The molecule has 40 heavy (non-hydrogen) atoms. The second-order valence-corrected chi connectivity index (χ2v) is 11.8. The van der Waals surface area contributed by atoms with Crippen molar-refractivity contribution in [2.45, 2.75) is 49.3 Å². The van der Waals surface area contributed by atoms with E-state index in [-0.39, 0.29) is 18.0 Å². The quantitative estimate of drug-likeness (QED) is 0.402. The highest BCUT2D eigenvalue weighted by molar-refractivity contribution is 7.89. The van der Waals surface area contributed by atoms with Gasteiger partial charge in [-0.2, -0.15) is 17.5 Å². The molecule has 0 radical (unpaired) electrons. The highest BCUT2D eigenvalue weighted by atomic mass is 32.2. The second-order valence-electron chi connectivity index (χ2n) is 9.93. The smallest absolute Gasteiger partial charge is 0.357 e. The van der Waals surface area contributed by atoms with Gasteiger partial charge in [-0.25, -0.2) is 17.8 Å². The number of benzene rings is 2. The third kappa shape index (κ3) is 5.97. The predicted molar refractivity (Wildman–Crippen MR) is 141 cm³/mol. The summed E-state index contributed by atoms with van der Waals surface area (Å²) >= 11 is 0. The number of anilines is 1. The molecule has 1 amide bonds. The zero-order valence-electron chi connectivity index (χ0n) is 21.5. The lowest BCUT2D eigenvalue weighted by Crippen LogP contribution is -2.45. The molecular formula is C28H28F4N4O3S. The van der Waals surface area contributed by atoms with Gasteiger partial charge in [0.1, 0.15) is 17.7 Å². The minimum absolute atomic E-state index is 0.0801. The molecule has 7 nitrogen and oxygen atoms in total. The van der Waals surface area contributed by atoms with Crippen LogP contribution < -0.4 is 10.2 Å². The van der Waals surface area contributed by atoms with Gasteiger partial charge in [0.2, 0.25) is 15.9 Å². The molecule has 0 unspecified atom stereocenters. The highest BCUT2D eigenvalue weighted by Crippen LogP contribution is 2.32. The van der Waals surface area contributed by atoms with E-state index in [9.17, 15) is 30.8 Å². The van der Waals surface area contributed by atoms with Crippen molar-refractivity contribution in [3.63, 3.8) is 0 Å². The molecule has 0 aliphatic carbocycles. The number of nitrogens with zero attached hydrogens (tertiary/aromatic N) is 3. The molecule has 0 spiro atoms. The SMILES string of the molecule is O=C(NCc1cc(-c2ccc(C(F)(F)F)cc2)nc(N2CCCC2)c1)[C@@H]1CCCN1S(=O)(=O)c1ccc(F)cc1. The molecule has 0 saturated carbocycles. The van der Waals surface area contributed by atoms with Crippen molar-refractivity contribution in [2.75, 3.05) is 24.5 Å². The van der Waals surface area contributed by atoms with Crippen LogP contribution in [0.15, 0.2) is 65.6 Å². The maximum absolute atomic E-state index is 13.3. The van der Waals surface area contributed by atoms with Crippen LogP contribution in [-0.2, 0) is 27.5 Å². The summed E-state index contributed by atoms with van der Waals surface area (Å²) in [5.41, 5.74) is 0.917. The summed E-state index contributed by atoms with van der Waals surface area (Å²) in [7, 11) is -4.00. The van der Waals surface area contributed by atoms with Crippen molar-refractivity contribution >= 4 is 21.7 Å². The molecule has 2 aliphatic heterocycles. The molecule has 12 heteroatoms. The molecule has 0 bridgehead atoms. The highest BCUT2D eigenvalue weighted by Gasteiger charge is 2.39. The molecule has 5 rings (SSSR count). The minimum Gasteiger partial charge on any atom is -0.357 e. The van der Waals surface area contributed by atoms with E-state index in [2.05, 4.69) is 15.2 Å². The van der Waals surface area contributed by atoms with Crippen LogP contribution in [0.25, 0.3) is 11.3 Å². The van der Waals surface area contributed by atoms with E-state index in [1.807, 2.05) is 6.07 Å². The van der Waals surface area contributed by atoms with Gasteiger partial charge in [-0.3, -0.25) is 4.79 Å². The molecule has 3 aromatic rings. The van der Waals surface area contributed by atoms with Gasteiger partial charge in [0.15, 0.2) is 0 Å². The normalized spacial score (nSPS) is 18.3. The lowest BCUT2D eigenvalue weighted by atomic mass is 10.1. The van der Waals surface area contributed by atoms with Crippen molar-refractivity contribution in [1.82, 2.24) is 14.6 Å². The number of halogens is 4. The third-order valence-corrected chi connectivity index (χ3v) is 9.13. The van der Waals surface area contributed by atoms with E-state index in [0.29, 0.717) is 35.5 Å². The zero-order valence-corrected chi connectivity index (χ0v) is 22.3. The molecule has 3 heterocycles. The van der Waals surface area contributed by atoms with Crippen LogP contribution in [0.1, 0.15) is 36.8 Å². The van der Waals surface area contributed by atoms with Gasteiger partial charge < -0.3 is 10.2 Å². The van der Waals surface area contributed by atoms with Gasteiger partial charge in [-0.15, -0.1) is 0 Å². The van der Waals surface area contributed by atoms with Crippen LogP contribution in [0.2, 0.25) is 0 Å². The summed E-state index contributed by atoms with van der Waals surface area (Å²) in [5, 5.41) is 2.83. The molecule has 212 valence electrons. The first-order valence-corrected chi connectivity index (χ1v) is 14.4. The number of rotatable bonds is 7. The van der Waals surface area contributed by atoms with E-state index in [4.69, 9.17) is 0 Å². The Labute approximate surface area is 229 Å². The van der Waals surface area contributed by atoms with Gasteiger partial charge in [0, 0.05) is 31.7 Å². The van der Waals surface area contributed by atoms with Crippen molar-refractivity contribution < 1.29 is 30.8 Å². The first-order chi connectivity index (χ1) is 19.0. The number of sulfonamides is 1. The Balaban J connectivity index is 1.36. The number of hydrogen-bond acceptors (Lipinski definition) is 5. The maximum atomic E-state index is 13.3. The molecule has 2 aliphatic rings. The van der Waals surface area contributed by atoms with Crippen molar-refractivity contribution in [1.29, 1.82) is 0 Å². The van der Waals surface area contributed by atoms with Gasteiger partial charge >= 0.3 is 6.18 Å². The molecule has 1 atom stereocenters. The minimum atomic E-state index is -4.45. The molecular weight excluding hydrogens is 548 g/mol. The topological polar surface area (TPSA) is 82.6 Å². The van der Waals surface area contributed by atoms with Crippen LogP contribution in [0, 0.1) is 5.82 Å². The summed E-state index contributed by atoms with van der Waals surface area (Å²) in [5.74, 6) is -0.352. The largest absolute Gasteiger partial charge is 0.416 e. The molecule has 2 saturated heterocycles. The van der Waals surface area contributed by atoms with Gasteiger partial charge in [0.05, 0.1) is 16.2 Å². The predicted octanol–water partition coefficient (Wildman–Crippen LogP) is 4.98. The fourth-order valence-electron chi connectivity index (χ4n) is 5.10. The average Bonchev–Trinajstić information content (AvgIpc) is 3.65. The molecule has 2 fully saturated rings. The molecule has 1 N–H and O–H groups in total. The lowest BCUT2D eigenvalue weighted by Gasteiger charge is -2.24. The van der Waals surface area contributed by atoms with Crippen molar-refractivity contribution in [3.8, 4) is 11.3 Å². The van der Waals surface area contributed by atoms with Gasteiger partial charge in [-0.05, 0) is 79.8 Å². The van der Waals surface area contributed by atoms with Crippen molar-refractivity contribution in [2.24, 2.45) is 0 Å². The fourth-order valence-corrected chi connectivity index (χ4v) is 6.75. The second kappa shape index (κ2) is 11.2. The van der Waals surface area contributed by atoms with Crippen LogP contribution in [-0.4, -0.2) is 49.3 Å². The Morgan fingerprint density at radius 3 is 2.27 bits per heavy atom. The number of aromatic nitrogens is 1. The number of carbonyl (C=O) groups excluding carboxylic acids is 1. The van der Waals surface area contributed by atoms with E-state index in [1.54, 1.807) is 6.07 Å².